The molecule has 60 valence electrons. The van der Waals surface area contributed by atoms with Gasteiger partial charge >= 0.3 is 0 Å². The summed E-state index contributed by atoms with van der Waals surface area (Å²) in [7, 11) is -3.23. The number of hydrogen-bond acceptors (Lipinski definition) is 3. The highest BCUT2D eigenvalue weighted by Gasteiger charge is 2.07. The van der Waals surface area contributed by atoms with E-state index in [1.54, 1.807) is 0 Å². The quantitative estimate of drug-likeness (QED) is 0.530. The van der Waals surface area contributed by atoms with Gasteiger partial charge in [-0.1, -0.05) is 6.08 Å². The summed E-state index contributed by atoms with van der Waals surface area (Å²) in [6.07, 6.45) is 2.36. The first-order valence-corrected chi connectivity index (χ1v) is 4.59. The molecule has 0 fully saturated rings. The van der Waals surface area contributed by atoms with Crippen LogP contribution in [0.5, 0.6) is 0 Å². The molecule has 0 aliphatic rings. The van der Waals surface area contributed by atoms with Crippen molar-refractivity contribution in [2.45, 2.75) is 6.04 Å². The highest BCUT2D eigenvalue weighted by Crippen LogP contribution is 1.85. The van der Waals surface area contributed by atoms with Crippen LogP contribution in [0.15, 0.2) is 12.7 Å². The zero-order chi connectivity index (χ0) is 8.20. The molecule has 0 radical (unpaired) electrons. The molecule has 0 saturated carbocycles. The van der Waals surface area contributed by atoms with Gasteiger partial charge in [0.15, 0.2) is 0 Å². The summed E-state index contributed by atoms with van der Waals surface area (Å²) in [5.41, 5.74) is 0. The molecule has 1 atom stereocenters. The molecule has 10 heavy (non-hydrogen) atoms. The van der Waals surface area contributed by atoms with Crippen LogP contribution in [0.25, 0.3) is 0 Å². The molecule has 0 bridgehead atoms. The van der Waals surface area contributed by atoms with E-state index in [2.05, 4.69) is 11.3 Å². The largest absolute Gasteiger partial charge is 0.394 e. The zero-order valence-corrected chi connectivity index (χ0v) is 6.56. The van der Waals surface area contributed by atoms with Crippen molar-refractivity contribution >= 4 is 10.0 Å². The van der Waals surface area contributed by atoms with Crippen LogP contribution >= 0.6 is 0 Å². The Morgan fingerprint density at radius 1 is 1.80 bits per heavy atom. The van der Waals surface area contributed by atoms with E-state index < -0.39 is 16.1 Å². The van der Waals surface area contributed by atoms with Crippen LogP contribution in [0.3, 0.4) is 0 Å². The first kappa shape index (κ1) is 9.61. The van der Waals surface area contributed by atoms with Crippen molar-refractivity contribution in [3.63, 3.8) is 0 Å². The van der Waals surface area contributed by atoms with E-state index in [9.17, 15) is 8.42 Å². The van der Waals surface area contributed by atoms with Gasteiger partial charge in [-0.15, -0.1) is 6.58 Å². The van der Waals surface area contributed by atoms with Crippen molar-refractivity contribution in [2.24, 2.45) is 0 Å². The Kier molecular flexibility index (Phi) is 3.55. The summed E-state index contributed by atoms with van der Waals surface area (Å²) >= 11 is 0. The van der Waals surface area contributed by atoms with Crippen molar-refractivity contribution in [3.8, 4) is 0 Å². The molecule has 0 aliphatic carbocycles. The second kappa shape index (κ2) is 3.70. The van der Waals surface area contributed by atoms with E-state index >= 15 is 0 Å². The topological polar surface area (TPSA) is 66.4 Å². The van der Waals surface area contributed by atoms with Gasteiger partial charge < -0.3 is 5.11 Å². The van der Waals surface area contributed by atoms with Gasteiger partial charge in [0.1, 0.15) is 0 Å². The van der Waals surface area contributed by atoms with Crippen LogP contribution in [0.4, 0.5) is 0 Å². The van der Waals surface area contributed by atoms with E-state index in [0.717, 1.165) is 6.26 Å². The first-order valence-electron chi connectivity index (χ1n) is 2.70. The molecule has 0 saturated heterocycles. The maximum Gasteiger partial charge on any atom is 0.209 e. The van der Waals surface area contributed by atoms with Crippen molar-refractivity contribution in [1.82, 2.24) is 4.72 Å². The fourth-order valence-electron chi connectivity index (χ4n) is 0.435. The van der Waals surface area contributed by atoms with E-state index in [1.807, 2.05) is 0 Å². The average molecular weight is 165 g/mol. The van der Waals surface area contributed by atoms with E-state index in [4.69, 9.17) is 5.11 Å². The SMILES string of the molecule is C=C[C@H](CO)NS(C)(=O)=O. The average Bonchev–Trinajstić information content (AvgIpc) is 1.81. The molecule has 0 unspecified atom stereocenters. The monoisotopic (exact) mass is 165 g/mol. The lowest BCUT2D eigenvalue weighted by Gasteiger charge is -2.07. The van der Waals surface area contributed by atoms with Crippen LogP contribution in [0.1, 0.15) is 0 Å². The van der Waals surface area contributed by atoms with Crippen molar-refractivity contribution in [3.05, 3.63) is 12.7 Å². The Labute approximate surface area is 60.6 Å². The molecule has 0 rings (SSSR count). The molecule has 0 aromatic rings. The molecular formula is C5H11NO3S. The smallest absolute Gasteiger partial charge is 0.209 e. The van der Waals surface area contributed by atoms with Crippen LogP contribution in [0.2, 0.25) is 0 Å². The maximum atomic E-state index is 10.5. The van der Waals surface area contributed by atoms with Crippen molar-refractivity contribution in [1.29, 1.82) is 0 Å². The fourth-order valence-corrected chi connectivity index (χ4v) is 1.16. The second-order valence-electron chi connectivity index (χ2n) is 1.91. The van der Waals surface area contributed by atoms with Crippen LogP contribution in [0, 0.1) is 0 Å². The lowest BCUT2D eigenvalue weighted by atomic mass is 10.3. The number of hydrogen-bond donors (Lipinski definition) is 2. The normalized spacial score (nSPS) is 14.6. The zero-order valence-electron chi connectivity index (χ0n) is 5.74. The van der Waals surface area contributed by atoms with E-state index in [-0.39, 0.29) is 6.61 Å². The van der Waals surface area contributed by atoms with Gasteiger partial charge in [0.25, 0.3) is 0 Å². The standard InChI is InChI=1S/C5H11NO3S/c1-3-5(4-7)6-10(2,8)9/h3,5-7H,1,4H2,2H3/t5-/m1/s1. The van der Waals surface area contributed by atoms with Crippen molar-refractivity contribution < 1.29 is 13.5 Å². The fraction of sp³-hybridized carbons (Fsp3) is 0.600. The number of aliphatic hydroxyl groups excluding tert-OH is 1. The Hall–Kier alpha value is -0.390. The molecule has 4 nitrogen and oxygen atoms in total. The third kappa shape index (κ3) is 4.49. The summed E-state index contributed by atoms with van der Waals surface area (Å²) in [6, 6.07) is -0.574. The van der Waals surface area contributed by atoms with Gasteiger partial charge in [-0.3, -0.25) is 0 Å². The molecule has 0 spiro atoms. The Balaban J connectivity index is 4.00. The molecule has 5 heteroatoms. The summed E-state index contributed by atoms with van der Waals surface area (Å²) in [5.74, 6) is 0. The highest BCUT2D eigenvalue weighted by molar-refractivity contribution is 7.88. The summed E-state index contributed by atoms with van der Waals surface area (Å²) in [6.45, 7) is 3.06. The minimum atomic E-state index is -3.23. The molecule has 0 aromatic carbocycles. The van der Waals surface area contributed by atoms with Gasteiger partial charge in [0.05, 0.1) is 18.9 Å². The Morgan fingerprint density at radius 3 is 2.40 bits per heavy atom. The maximum absolute atomic E-state index is 10.5. The number of aliphatic hydroxyl groups is 1. The molecule has 2 N–H and O–H groups in total. The number of sulfonamides is 1. The summed E-state index contributed by atoms with van der Waals surface area (Å²) in [5, 5.41) is 8.49. The molecule has 0 heterocycles. The lowest BCUT2D eigenvalue weighted by molar-refractivity contribution is 0.276. The molecular weight excluding hydrogens is 154 g/mol. The van der Waals surface area contributed by atoms with Gasteiger partial charge in [-0.05, 0) is 0 Å². The molecule has 0 aromatic heterocycles. The predicted octanol–water partition coefficient (Wildman–Crippen LogP) is -0.918. The third-order valence-corrected chi connectivity index (χ3v) is 1.58. The van der Waals surface area contributed by atoms with Crippen molar-refractivity contribution in [2.75, 3.05) is 12.9 Å². The van der Waals surface area contributed by atoms with E-state index in [1.165, 1.54) is 6.08 Å². The Morgan fingerprint density at radius 2 is 2.30 bits per heavy atom. The van der Waals surface area contributed by atoms with E-state index in [0.29, 0.717) is 0 Å². The summed E-state index contributed by atoms with van der Waals surface area (Å²) < 4.78 is 23.1. The van der Waals surface area contributed by atoms with Gasteiger partial charge in [0.2, 0.25) is 10.0 Å². The minimum Gasteiger partial charge on any atom is -0.394 e. The molecule has 0 aliphatic heterocycles. The minimum absolute atomic E-state index is 0.267. The van der Waals surface area contributed by atoms with Crippen LogP contribution in [-0.2, 0) is 10.0 Å². The first-order chi connectivity index (χ1) is 4.49. The van der Waals surface area contributed by atoms with Crippen LogP contribution in [-0.4, -0.2) is 32.4 Å². The number of nitrogens with one attached hydrogen (secondary N) is 1. The Bertz CT molecular complexity index is 197. The van der Waals surface area contributed by atoms with Gasteiger partial charge in [0, 0.05) is 0 Å². The van der Waals surface area contributed by atoms with Crippen LogP contribution < -0.4 is 4.72 Å². The summed E-state index contributed by atoms with van der Waals surface area (Å²) in [4.78, 5) is 0. The lowest BCUT2D eigenvalue weighted by Crippen LogP contribution is -2.34. The van der Waals surface area contributed by atoms with Gasteiger partial charge in [-0.2, -0.15) is 0 Å². The van der Waals surface area contributed by atoms with Gasteiger partial charge in [-0.25, -0.2) is 13.1 Å². The highest BCUT2D eigenvalue weighted by atomic mass is 32.2. The number of rotatable bonds is 4. The molecule has 0 amide bonds. The second-order valence-corrected chi connectivity index (χ2v) is 3.69. The predicted molar refractivity (Wildman–Crippen MR) is 39.1 cm³/mol. The third-order valence-electron chi connectivity index (χ3n) is 0.847.